The van der Waals surface area contributed by atoms with Crippen LogP contribution in [0.25, 0.3) is 0 Å². The van der Waals surface area contributed by atoms with Gasteiger partial charge in [-0.1, -0.05) is 0 Å². The molecular formula is CH3NOS2. The van der Waals surface area contributed by atoms with E-state index in [4.69, 9.17) is 5.14 Å². The van der Waals surface area contributed by atoms with Crippen molar-refractivity contribution in [2.45, 2.75) is 0 Å². The van der Waals surface area contributed by atoms with Crippen LogP contribution in [0.1, 0.15) is 0 Å². The van der Waals surface area contributed by atoms with Crippen molar-refractivity contribution < 1.29 is 4.79 Å². The van der Waals surface area contributed by atoms with E-state index in [-0.39, 0.29) is 0 Å². The van der Waals surface area contributed by atoms with E-state index in [1.54, 1.807) is 0 Å². The van der Waals surface area contributed by atoms with Crippen LogP contribution in [0.15, 0.2) is 0 Å². The zero-order valence-corrected chi connectivity index (χ0v) is 4.01. The van der Waals surface area contributed by atoms with Gasteiger partial charge in [0.05, 0.1) is 0 Å². The van der Waals surface area contributed by atoms with Crippen LogP contribution in [0.5, 0.6) is 0 Å². The van der Waals surface area contributed by atoms with E-state index >= 15 is 0 Å². The van der Waals surface area contributed by atoms with Gasteiger partial charge in [-0.15, -0.1) is 0 Å². The smallest absolute Gasteiger partial charge is 0.187 e. The lowest BCUT2D eigenvalue weighted by molar-refractivity contribution is 0.570. The molecule has 0 heterocycles. The summed E-state index contributed by atoms with van der Waals surface area (Å²) in [5.41, 5.74) is 0.685. The lowest BCUT2D eigenvalue weighted by Gasteiger charge is -1.69. The SMILES string of the molecule is NSSC=O. The summed E-state index contributed by atoms with van der Waals surface area (Å²) in [5, 5.41) is 4.79. The van der Waals surface area contributed by atoms with Crippen molar-refractivity contribution >= 4 is 27.4 Å². The summed E-state index contributed by atoms with van der Waals surface area (Å²) in [6.45, 7) is 0. The third-order valence-electron chi connectivity index (χ3n) is 0.0948. The van der Waals surface area contributed by atoms with Gasteiger partial charge in [-0.3, -0.25) is 9.93 Å². The molecule has 0 aromatic carbocycles. The fourth-order valence-electron chi connectivity index (χ4n) is 0.0227. The summed E-state index contributed by atoms with van der Waals surface area (Å²) in [4.78, 5) is 9.27. The molecule has 0 radical (unpaired) electrons. The number of hydrogen-bond donors (Lipinski definition) is 1. The molecule has 0 rings (SSSR count). The Hall–Kier alpha value is 0.330. The van der Waals surface area contributed by atoms with E-state index in [1.807, 2.05) is 0 Å². The summed E-state index contributed by atoms with van der Waals surface area (Å²) in [5.74, 6) is 0. The predicted molar refractivity (Wildman–Crippen MR) is 26.1 cm³/mol. The predicted octanol–water partition coefficient (Wildman–Crippen LogP) is 0.432. The molecule has 5 heavy (non-hydrogen) atoms. The first-order valence-corrected chi connectivity index (χ1v) is 3.15. The Labute approximate surface area is 38.0 Å². The highest BCUT2D eigenvalue weighted by atomic mass is 33.1. The molecule has 0 amide bonds. The Morgan fingerprint density at radius 3 is 2.40 bits per heavy atom. The van der Waals surface area contributed by atoms with Gasteiger partial charge in [0.2, 0.25) is 0 Å². The van der Waals surface area contributed by atoms with Gasteiger partial charge >= 0.3 is 0 Å². The van der Waals surface area contributed by atoms with Crippen molar-refractivity contribution in [2.24, 2.45) is 5.14 Å². The standard InChI is InChI=1S/CH3NOS2/c2-5-4-1-3/h1H,2H2. The number of carbonyl (C=O) groups excluding carboxylic acids is 1. The van der Waals surface area contributed by atoms with Crippen molar-refractivity contribution in [1.29, 1.82) is 0 Å². The summed E-state index contributed by atoms with van der Waals surface area (Å²) >= 11 is 0. The monoisotopic (exact) mass is 109 g/mol. The normalized spacial score (nSPS) is 7.40. The van der Waals surface area contributed by atoms with E-state index in [0.29, 0.717) is 5.62 Å². The summed E-state index contributed by atoms with van der Waals surface area (Å²) in [7, 11) is 1.93. The van der Waals surface area contributed by atoms with Gasteiger partial charge in [-0.25, -0.2) is 0 Å². The summed E-state index contributed by atoms with van der Waals surface area (Å²) < 4.78 is 0. The van der Waals surface area contributed by atoms with Crippen molar-refractivity contribution in [1.82, 2.24) is 0 Å². The maximum Gasteiger partial charge on any atom is 0.187 e. The Morgan fingerprint density at radius 1 is 1.80 bits per heavy atom. The van der Waals surface area contributed by atoms with Crippen LogP contribution in [0.2, 0.25) is 0 Å². The third-order valence-corrected chi connectivity index (χ3v) is 0.854. The molecule has 4 heteroatoms. The molecule has 0 aliphatic carbocycles. The minimum atomic E-state index is 0.685. The van der Waals surface area contributed by atoms with Crippen molar-refractivity contribution in [3.63, 3.8) is 0 Å². The minimum absolute atomic E-state index is 0.685. The molecule has 0 aliphatic rings. The van der Waals surface area contributed by atoms with Crippen LogP contribution in [-0.2, 0) is 4.79 Å². The van der Waals surface area contributed by atoms with E-state index in [2.05, 4.69) is 0 Å². The maximum absolute atomic E-state index is 9.27. The molecule has 2 nitrogen and oxygen atoms in total. The molecule has 0 aliphatic heterocycles. The highest BCUT2D eigenvalue weighted by molar-refractivity contribution is 8.80. The second kappa shape index (κ2) is 4.33. The van der Waals surface area contributed by atoms with E-state index < -0.39 is 0 Å². The molecule has 0 saturated carbocycles. The van der Waals surface area contributed by atoms with Gasteiger partial charge in [0, 0.05) is 0 Å². The van der Waals surface area contributed by atoms with Crippen LogP contribution in [0.3, 0.4) is 0 Å². The Kier molecular flexibility index (Phi) is 4.62. The van der Waals surface area contributed by atoms with E-state index in [9.17, 15) is 4.79 Å². The molecule has 0 fully saturated rings. The topological polar surface area (TPSA) is 43.1 Å². The van der Waals surface area contributed by atoms with Crippen LogP contribution >= 0.6 is 21.8 Å². The molecule has 2 N–H and O–H groups in total. The highest BCUT2D eigenvalue weighted by Crippen LogP contribution is 2.05. The minimum Gasteiger partial charge on any atom is -0.290 e. The first-order chi connectivity index (χ1) is 2.41. The van der Waals surface area contributed by atoms with Crippen LogP contribution in [-0.4, -0.2) is 5.62 Å². The lowest BCUT2D eigenvalue weighted by Crippen LogP contribution is -1.66. The van der Waals surface area contributed by atoms with Gasteiger partial charge < -0.3 is 0 Å². The molecule has 0 aromatic heterocycles. The second-order valence-corrected chi connectivity index (χ2v) is 2.02. The molecule has 0 saturated heterocycles. The number of nitrogens with two attached hydrogens (primary N) is 1. The van der Waals surface area contributed by atoms with Crippen LogP contribution in [0.4, 0.5) is 0 Å². The summed E-state index contributed by atoms with van der Waals surface area (Å²) in [6, 6.07) is 0. The number of rotatable bonds is 2. The first kappa shape index (κ1) is 5.33. The molecule has 0 atom stereocenters. The van der Waals surface area contributed by atoms with Crippen molar-refractivity contribution in [2.75, 3.05) is 0 Å². The Balaban J connectivity index is 2.40. The Bertz CT molecular complexity index is 30.8. The summed E-state index contributed by atoms with van der Waals surface area (Å²) in [6.07, 6.45) is 0. The van der Waals surface area contributed by atoms with Gasteiger partial charge in [0.15, 0.2) is 5.62 Å². The second-order valence-electron chi connectivity index (χ2n) is 0.289. The molecule has 0 aromatic rings. The van der Waals surface area contributed by atoms with Gasteiger partial charge in [0.25, 0.3) is 0 Å². The van der Waals surface area contributed by atoms with Gasteiger partial charge in [0.1, 0.15) is 0 Å². The zero-order chi connectivity index (χ0) is 4.12. The molecule has 0 unspecified atom stereocenters. The first-order valence-electron chi connectivity index (χ1n) is 0.874. The lowest BCUT2D eigenvalue weighted by atomic mass is 11.8. The number of hydrogen-bond acceptors (Lipinski definition) is 4. The quantitative estimate of drug-likeness (QED) is 0.317. The number of carbonyl (C=O) groups is 1. The van der Waals surface area contributed by atoms with Gasteiger partial charge in [-0.2, -0.15) is 0 Å². The molecular weight excluding hydrogens is 106 g/mol. The third kappa shape index (κ3) is 4.33. The largest absolute Gasteiger partial charge is 0.290 e. The van der Waals surface area contributed by atoms with Gasteiger partial charge in [-0.05, 0) is 21.8 Å². The maximum atomic E-state index is 9.27. The Morgan fingerprint density at radius 2 is 2.40 bits per heavy atom. The highest BCUT2D eigenvalue weighted by Gasteiger charge is 1.67. The van der Waals surface area contributed by atoms with Crippen molar-refractivity contribution in [3.8, 4) is 0 Å². The zero-order valence-electron chi connectivity index (χ0n) is 2.38. The fourth-order valence-corrected chi connectivity index (χ4v) is 0.204. The van der Waals surface area contributed by atoms with E-state index in [1.165, 1.54) is 0 Å². The average molecular weight is 109 g/mol. The van der Waals surface area contributed by atoms with E-state index in [0.717, 1.165) is 21.8 Å². The fraction of sp³-hybridized carbons (Fsp3) is 0. The molecule has 0 bridgehead atoms. The van der Waals surface area contributed by atoms with Crippen molar-refractivity contribution in [3.05, 3.63) is 0 Å². The average Bonchev–Trinajstić information content (AvgIpc) is 1.41. The van der Waals surface area contributed by atoms with Crippen LogP contribution < -0.4 is 5.14 Å². The molecule has 30 valence electrons. The molecule has 0 spiro atoms. The van der Waals surface area contributed by atoms with Crippen LogP contribution in [0, 0.1) is 0 Å².